The predicted molar refractivity (Wildman–Crippen MR) is 79.2 cm³/mol. The van der Waals surface area contributed by atoms with Gasteiger partial charge in [-0.15, -0.1) is 0 Å². The first-order chi connectivity index (χ1) is 10.2. The molecule has 3 N–H and O–H groups in total. The number of rotatable bonds is 2. The summed E-state index contributed by atoms with van der Waals surface area (Å²) in [4.78, 5) is 17.1. The molecule has 2 aromatic heterocycles. The minimum atomic E-state index is 0.0600. The van der Waals surface area contributed by atoms with Crippen LogP contribution in [0, 0.1) is 11.3 Å². The Kier molecular flexibility index (Phi) is 3.04. The largest absolute Gasteiger partial charge is 0.381 e. The molecule has 0 bridgehead atoms. The number of hydrogen-bond donors (Lipinski definition) is 2. The highest BCUT2D eigenvalue weighted by Crippen LogP contribution is 2.23. The minimum Gasteiger partial charge on any atom is -0.381 e. The molecule has 102 valence electrons. The van der Waals surface area contributed by atoms with Crippen LogP contribution >= 0.6 is 0 Å². The Morgan fingerprint density at radius 1 is 1.10 bits per heavy atom. The molecule has 7 nitrogen and oxygen atoms in total. The zero-order valence-electron chi connectivity index (χ0n) is 11.2. The van der Waals surface area contributed by atoms with E-state index in [1.807, 2.05) is 36.4 Å². The highest BCUT2D eigenvalue weighted by molar-refractivity contribution is 5.85. The standard InChI is InChI=1S/C14H11N7/c1-17-13-10-14(19-11(16)9(7-15)18-10)21-12(20-13)8-5-3-2-4-6-8/h2-6H,1H3,(H3,16,17,19,20,21). The van der Waals surface area contributed by atoms with Gasteiger partial charge in [0, 0.05) is 12.6 Å². The maximum atomic E-state index is 8.98. The average Bonchev–Trinajstić information content (AvgIpc) is 2.53. The Labute approximate surface area is 120 Å². The molecule has 1 aromatic carbocycles. The summed E-state index contributed by atoms with van der Waals surface area (Å²) in [5.74, 6) is 1.08. The zero-order chi connectivity index (χ0) is 14.8. The molecule has 0 aliphatic rings. The fraction of sp³-hybridized carbons (Fsp3) is 0.0714. The van der Waals surface area contributed by atoms with Crippen molar-refractivity contribution in [3.05, 3.63) is 36.0 Å². The van der Waals surface area contributed by atoms with Crippen molar-refractivity contribution in [1.82, 2.24) is 19.9 Å². The molecule has 0 unspecified atom stereocenters. The fourth-order valence-electron chi connectivity index (χ4n) is 1.93. The third-order valence-electron chi connectivity index (χ3n) is 2.93. The van der Waals surface area contributed by atoms with Gasteiger partial charge >= 0.3 is 0 Å². The predicted octanol–water partition coefficient (Wildman–Crippen LogP) is 1.58. The van der Waals surface area contributed by atoms with E-state index in [4.69, 9.17) is 11.0 Å². The lowest BCUT2D eigenvalue weighted by Crippen LogP contribution is -2.05. The molecule has 0 radical (unpaired) electrons. The van der Waals surface area contributed by atoms with E-state index in [0.29, 0.717) is 22.8 Å². The fourth-order valence-corrected chi connectivity index (χ4v) is 1.93. The van der Waals surface area contributed by atoms with Crippen LogP contribution in [0.3, 0.4) is 0 Å². The second-order valence-electron chi connectivity index (χ2n) is 4.25. The summed E-state index contributed by atoms with van der Waals surface area (Å²) in [5.41, 5.74) is 7.40. The van der Waals surface area contributed by atoms with Crippen molar-refractivity contribution in [2.45, 2.75) is 0 Å². The van der Waals surface area contributed by atoms with E-state index in [2.05, 4.69) is 25.3 Å². The molecule has 0 aliphatic carbocycles. The summed E-state index contributed by atoms with van der Waals surface area (Å²) >= 11 is 0. The lowest BCUT2D eigenvalue weighted by Gasteiger charge is -2.08. The Bertz CT molecular complexity index is 853. The van der Waals surface area contributed by atoms with E-state index >= 15 is 0 Å². The van der Waals surface area contributed by atoms with Crippen LogP contribution in [0.1, 0.15) is 5.69 Å². The van der Waals surface area contributed by atoms with Crippen LogP contribution in [0.5, 0.6) is 0 Å². The van der Waals surface area contributed by atoms with Gasteiger partial charge in [0.25, 0.3) is 0 Å². The van der Waals surface area contributed by atoms with Crippen LogP contribution in [-0.2, 0) is 0 Å². The van der Waals surface area contributed by atoms with E-state index in [1.165, 1.54) is 0 Å². The summed E-state index contributed by atoms with van der Waals surface area (Å²) in [6.07, 6.45) is 0. The minimum absolute atomic E-state index is 0.0600. The Morgan fingerprint density at radius 2 is 1.86 bits per heavy atom. The molecular weight excluding hydrogens is 266 g/mol. The summed E-state index contributed by atoms with van der Waals surface area (Å²) < 4.78 is 0. The van der Waals surface area contributed by atoms with Crippen molar-refractivity contribution >= 4 is 22.8 Å². The molecule has 3 rings (SSSR count). The number of nitrogens with two attached hydrogens (primary N) is 1. The Morgan fingerprint density at radius 3 is 2.52 bits per heavy atom. The van der Waals surface area contributed by atoms with Gasteiger partial charge in [-0.25, -0.2) is 19.9 Å². The number of nitrogens with one attached hydrogen (secondary N) is 1. The molecule has 0 amide bonds. The van der Waals surface area contributed by atoms with Gasteiger partial charge in [0.15, 0.2) is 34.3 Å². The SMILES string of the molecule is CNc1nc(-c2ccccc2)nc2nc(N)c(C#N)nc12. The van der Waals surface area contributed by atoms with Crippen LogP contribution in [0.15, 0.2) is 30.3 Å². The number of aromatic nitrogens is 4. The smallest absolute Gasteiger partial charge is 0.186 e. The maximum Gasteiger partial charge on any atom is 0.186 e. The first-order valence-electron chi connectivity index (χ1n) is 6.21. The van der Waals surface area contributed by atoms with Crippen LogP contribution in [0.25, 0.3) is 22.6 Å². The van der Waals surface area contributed by atoms with Gasteiger partial charge in [0.2, 0.25) is 0 Å². The van der Waals surface area contributed by atoms with Crippen molar-refractivity contribution in [1.29, 1.82) is 5.26 Å². The number of nitrogen functional groups attached to an aromatic ring is 1. The summed E-state index contributed by atoms with van der Waals surface area (Å²) in [7, 11) is 1.72. The summed E-state index contributed by atoms with van der Waals surface area (Å²) in [6, 6.07) is 11.4. The second kappa shape index (κ2) is 5.02. The van der Waals surface area contributed by atoms with Crippen LogP contribution in [0.4, 0.5) is 11.6 Å². The first kappa shape index (κ1) is 12.7. The zero-order valence-corrected chi connectivity index (χ0v) is 11.2. The molecule has 0 fully saturated rings. The number of anilines is 2. The molecule has 7 heteroatoms. The van der Waals surface area contributed by atoms with Gasteiger partial charge in [-0.05, 0) is 0 Å². The van der Waals surface area contributed by atoms with E-state index < -0.39 is 0 Å². The highest BCUT2D eigenvalue weighted by Gasteiger charge is 2.13. The third-order valence-corrected chi connectivity index (χ3v) is 2.93. The van der Waals surface area contributed by atoms with Crippen molar-refractivity contribution in [3.63, 3.8) is 0 Å². The molecule has 0 aliphatic heterocycles. The monoisotopic (exact) mass is 277 g/mol. The molecule has 0 atom stereocenters. The van der Waals surface area contributed by atoms with Crippen LogP contribution < -0.4 is 11.1 Å². The van der Waals surface area contributed by atoms with Crippen LogP contribution in [-0.4, -0.2) is 27.0 Å². The number of nitrogens with zero attached hydrogens (tertiary/aromatic N) is 5. The number of nitriles is 1. The Balaban J connectivity index is 2.30. The average molecular weight is 277 g/mol. The quantitative estimate of drug-likeness (QED) is 0.731. The van der Waals surface area contributed by atoms with Gasteiger partial charge < -0.3 is 11.1 Å². The molecular formula is C14H11N7. The van der Waals surface area contributed by atoms with Crippen molar-refractivity contribution in [2.24, 2.45) is 0 Å². The van der Waals surface area contributed by atoms with Gasteiger partial charge in [0.05, 0.1) is 0 Å². The number of benzene rings is 1. The van der Waals surface area contributed by atoms with Gasteiger partial charge in [-0.2, -0.15) is 5.26 Å². The molecule has 21 heavy (non-hydrogen) atoms. The van der Waals surface area contributed by atoms with E-state index in [1.54, 1.807) is 7.05 Å². The second-order valence-corrected chi connectivity index (χ2v) is 4.25. The highest BCUT2D eigenvalue weighted by atomic mass is 15.1. The first-order valence-corrected chi connectivity index (χ1v) is 6.21. The van der Waals surface area contributed by atoms with Crippen molar-refractivity contribution in [2.75, 3.05) is 18.1 Å². The molecule has 0 saturated carbocycles. The topological polar surface area (TPSA) is 113 Å². The third kappa shape index (κ3) is 2.19. The normalized spacial score (nSPS) is 10.3. The van der Waals surface area contributed by atoms with Gasteiger partial charge in [-0.1, -0.05) is 30.3 Å². The maximum absolute atomic E-state index is 8.98. The summed E-state index contributed by atoms with van der Waals surface area (Å²) in [5, 5.41) is 11.9. The van der Waals surface area contributed by atoms with Crippen molar-refractivity contribution < 1.29 is 0 Å². The molecule has 0 spiro atoms. The Hall–Kier alpha value is -3.27. The van der Waals surface area contributed by atoms with Crippen LogP contribution in [0.2, 0.25) is 0 Å². The summed E-state index contributed by atoms with van der Waals surface area (Å²) in [6.45, 7) is 0. The number of hydrogen-bond acceptors (Lipinski definition) is 7. The van der Waals surface area contributed by atoms with Crippen molar-refractivity contribution in [3.8, 4) is 17.5 Å². The van der Waals surface area contributed by atoms with Gasteiger partial charge in [-0.3, -0.25) is 0 Å². The lowest BCUT2D eigenvalue weighted by atomic mass is 10.2. The van der Waals surface area contributed by atoms with E-state index in [9.17, 15) is 0 Å². The number of fused-ring (bicyclic) bond motifs is 1. The van der Waals surface area contributed by atoms with Gasteiger partial charge in [0.1, 0.15) is 6.07 Å². The van der Waals surface area contributed by atoms with E-state index in [0.717, 1.165) is 5.56 Å². The molecule has 2 heterocycles. The molecule has 3 aromatic rings. The van der Waals surface area contributed by atoms with E-state index in [-0.39, 0.29) is 11.5 Å². The molecule has 0 saturated heterocycles. The lowest BCUT2D eigenvalue weighted by molar-refractivity contribution is 1.14.